The first-order valence-corrected chi connectivity index (χ1v) is 9.60. The van der Waals surface area contributed by atoms with E-state index >= 15 is 0 Å². The van der Waals surface area contributed by atoms with Crippen molar-refractivity contribution >= 4 is 16.7 Å². The Kier molecular flexibility index (Phi) is 5.68. The first-order valence-electron chi connectivity index (χ1n) is 9.60. The van der Waals surface area contributed by atoms with Gasteiger partial charge in [0.15, 0.2) is 0 Å². The monoisotopic (exact) mass is 345 g/mol. The van der Waals surface area contributed by atoms with Crippen LogP contribution >= 0.6 is 0 Å². The molecule has 0 spiro atoms. The second kappa shape index (κ2) is 7.95. The number of likely N-dealkylation sites (tertiary alicyclic amines) is 1. The Balaban J connectivity index is 1.62. The molecular weight excluding hydrogens is 316 g/mol. The summed E-state index contributed by atoms with van der Waals surface area (Å²) in [6, 6.07) is 4.84. The second-order valence-electron chi connectivity index (χ2n) is 7.40. The van der Waals surface area contributed by atoms with Gasteiger partial charge >= 0.3 is 0 Å². The lowest BCUT2D eigenvalue weighted by atomic mass is 10.1. The van der Waals surface area contributed by atoms with Gasteiger partial charge in [0.05, 0.1) is 42.1 Å². The second-order valence-corrected chi connectivity index (χ2v) is 7.40. The van der Waals surface area contributed by atoms with Crippen molar-refractivity contribution in [1.82, 2.24) is 9.97 Å². The van der Waals surface area contributed by atoms with Crippen LogP contribution in [0.2, 0.25) is 0 Å². The normalized spacial score (nSPS) is 17.0. The first-order chi connectivity index (χ1) is 12.1. The topological polar surface area (TPSA) is 71.8 Å². The van der Waals surface area contributed by atoms with Crippen LogP contribution in [0.25, 0.3) is 11.0 Å². The van der Waals surface area contributed by atoms with Gasteiger partial charge in [-0.15, -0.1) is 0 Å². The average molecular weight is 345 g/mol. The predicted octanol–water partition coefficient (Wildman–Crippen LogP) is 4.20. The molecule has 1 aromatic heterocycles. The van der Waals surface area contributed by atoms with Crippen molar-refractivity contribution in [2.75, 3.05) is 26.2 Å². The van der Waals surface area contributed by atoms with Crippen molar-refractivity contribution in [3.05, 3.63) is 34.1 Å². The number of aromatic nitrogens is 2. The molecular formula is C19H29N4O2+. The number of fused-ring (bicyclic) bond motifs is 1. The van der Waals surface area contributed by atoms with Crippen LogP contribution in [0.1, 0.15) is 51.3 Å². The molecule has 1 N–H and O–H groups in total. The molecule has 0 saturated carbocycles. The molecule has 6 heteroatoms. The Bertz CT molecular complexity index is 719. The number of piperidine rings is 1. The number of H-pyrrole nitrogens is 1. The fourth-order valence-electron chi connectivity index (χ4n) is 4.10. The molecule has 3 rings (SSSR count). The number of aryl methyl sites for hydroxylation is 1. The Morgan fingerprint density at radius 1 is 1.20 bits per heavy atom. The number of rotatable bonds is 8. The standard InChI is InChI=1S/C19H29N4O2/c1-2-3-11-23(12-5-4-6-13-23)14-7-8-19-20-17-10-9-16(22(24)25)15-18(17)21-19/h9-10,15H,2-8,11-14H2,1H3,(H,20,21)/q+1. The summed E-state index contributed by atoms with van der Waals surface area (Å²) >= 11 is 0. The van der Waals surface area contributed by atoms with Gasteiger partial charge in [0.25, 0.3) is 5.69 Å². The number of hydrogen-bond donors (Lipinski definition) is 1. The third-order valence-electron chi connectivity index (χ3n) is 5.52. The van der Waals surface area contributed by atoms with E-state index in [1.807, 2.05) is 0 Å². The molecule has 0 aliphatic carbocycles. The fraction of sp³-hybridized carbons (Fsp3) is 0.632. The summed E-state index contributed by atoms with van der Waals surface area (Å²) in [5, 5.41) is 10.9. The van der Waals surface area contributed by atoms with Gasteiger partial charge in [-0.25, -0.2) is 4.98 Å². The van der Waals surface area contributed by atoms with E-state index < -0.39 is 0 Å². The molecule has 0 amide bonds. The number of quaternary nitrogens is 1. The Hall–Kier alpha value is -1.95. The molecule has 1 aliphatic rings. The largest absolute Gasteiger partial charge is 0.342 e. The van der Waals surface area contributed by atoms with Crippen LogP contribution in [0.5, 0.6) is 0 Å². The lowest BCUT2D eigenvalue weighted by Crippen LogP contribution is -2.52. The molecule has 2 aromatic rings. The number of benzene rings is 1. The molecule has 1 aliphatic heterocycles. The number of nitrogens with zero attached hydrogens (tertiary/aromatic N) is 3. The van der Waals surface area contributed by atoms with Crippen LogP contribution in [0, 0.1) is 10.1 Å². The highest BCUT2D eigenvalue weighted by Gasteiger charge is 2.28. The minimum absolute atomic E-state index is 0.0999. The molecule has 0 radical (unpaired) electrons. The molecule has 25 heavy (non-hydrogen) atoms. The number of hydrogen-bond acceptors (Lipinski definition) is 3. The van der Waals surface area contributed by atoms with E-state index in [0.717, 1.165) is 24.2 Å². The molecule has 1 fully saturated rings. The van der Waals surface area contributed by atoms with Gasteiger partial charge in [0, 0.05) is 25.0 Å². The van der Waals surface area contributed by atoms with Crippen LogP contribution < -0.4 is 0 Å². The summed E-state index contributed by atoms with van der Waals surface area (Å²) in [5.41, 5.74) is 1.67. The van der Waals surface area contributed by atoms with Gasteiger partial charge in [0.2, 0.25) is 0 Å². The van der Waals surface area contributed by atoms with Crippen molar-refractivity contribution < 1.29 is 9.41 Å². The minimum Gasteiger partial charge on any atom is -0.342 e. The Labute approximate surface area is 149 Å². The first kappa shape index (κ1) is 17.9. The Morgan fingerprint density at radius 3 is 2.68 bits per heavy atom. The summed E-state index contributed by atoms with van der Waals surface area (Å²) in [7, 11) is 0. The van der Waals surface area contributed by atoms with Gasteiger partial charge in [-0.05, 0) is 31.7 Å². The van der Waals surface area contributed by atoms with Gasteiger partial charge in [-0.1, -0.05) is 13.3 Å². The number of nitro groups is 1. The average Bonchev–Trinajstić information content (AvgIpc) is 3.02. The van der Waals surface area contributed by atoms with Crippen molar-refractivity contribution in [3.63, 3.8) is 0 Å². The smallest absolute Gasteiger partial charge is 0.271 e. The molecule has 136 valence electrons. The lowest BCUT2D eigenvalue weighted by Gasteiger charge is -2.42. The SMILES string of the molecule is CCCC[N+]1(CCCc2nc3cc([N+](=O)[O-])ccc3[nH]2)CCCCC1. The van der Waals surface area contributed by atoms with E-state index in [2.05, 4.69) is 16.9 Å². The molecule has 1 saturated heterocycles. The molecule has 2 heterocycles. The van der Waals surface area contributed by atoms with Crippen molar-refractivity contribution in [2.24, 2.45) is 0 Å². The van der Waals surface area contributed by atoms with E-state index in [9.17, 15) is 10.1 Å². The van der Waals surface area contributed by atoms with Crippen LogP contribution in [0.15, 0.2) is 18.2 Å². The number of aromatic amines is 1. The zero-order valence-electron chi connectivity index (χ0n) is 15.2. The summed E-state index contributed by atoms with van der Waals surface area (Å²) in [4.78, 5) is 18.4. The number of nitro benzene ring substituents is 1. The maximum atomic E-state index is 10.9. The Morgan fingerprint density at radius 2 is 1.96 bits per heavy atom. The molecule has 0 atom stereocenters. The van der Waals surface area contributed by atoms with E-state index in [-0.39, 0.29) is 10.6 Å². The molecule has 0 bridgehead atoms. The van der Waals surface area contributed by atoms with Crippen molar-refractivity contribution in [1.29, 1.82) is 0 Å². The quantitative estimate of drug-likeness (QED) is 0.443. The lowest BCUT2D eigenvalue weighted by molar-refractivity contribution is -0.932. The minimum atomic E-state index is -0.369. The number of imidazole rings is 1. The van der Waals surface area contributed by atoms with Crippen molar-refractivity contribution in [3.8, 4) is 0 Å². The predicted molar refractivity (Wildman–Crippen MR) is 99.6 cm³/mol. The fourth-order valence-corrected chi connectivity index (χ4v) is 4.10. The highest BCUT2D eigenvalue weighted by molar-refractivity contribution is 5.77. The zero-order valence-corrected chi connectivity index (χ0v) is 15.2. The van der Waals surface area contributed by atoms with E-state index in [4.69, 9.17) is 0 Å². The van der Waals surface area contributed by atoms with Gasteiger partial charge in [0.1, 0.15) is 5.82 Å². The van der Waals surface area contributed by atoms with E-state index in [1.54, 1.807) is 12.1 Å². The third kappa shape index (κ3) is 4.37. The van der Waals surface area contributed by atoms with Crippen LogP contribution in [-0.2, 0) is 6.42 Å². The number of nitrogens with one attached hydrogen (secondary N) is 1. The third-order valence-corrected chi connectivity index (χ3v) is 5.52. The molecule has 6 nitrogen and oxygen atoms in total. The number of unbranched alkanes of at least 4 members (excludes halogenated alkanes) is 1. The maximum absolute atomic E-state index is 10.9. The van der Waals surface area contributed by atoms with Crippen LogP contribution in [-0.4, -0.2) is 45.6 Å². The number of non-ortho nitro benzene ring substituents is 1. The van der Waals surface area contributed by atoms with Crippen LogP contribution in [0.3, 0.4) is 0 Å². The molecule has 0 unspecified atom stereocenters. The highest BCUT2D eigenvalue weighted by Crippen LogP contribution is 2.22. The van der Waals surface area contributed by atoms with Gasteiger partial charge in [-0.3, -0.25) is 10.1 Å². The summed E-state index contributed by atoms with van der Waals surface area (Å²) in [5.74, 6) is 0.946. The highest BCUT2D eigenvalue weighted by atomic mass is 16.6. The van der Waals surface area contributed by atoms with Gasteiger partial charge < -0.3 is 9.47 Å². The maximum Gasteiger partial charge on any atom is 0.271 e. The zero-order chi connectivity index (χ0) is 17.7. The summed E-state index contributed by atoms with van der Waals surface area (Å²) in [6.07, 6.45) is 8.71. The van der Waals surface area contributed by atoms with Gasteiger partial charge in [-0.2, -0.15) is 0 Å². The van der Waals surface area contributed by atoms with E-state index in [0.29, 0.717) is 5.52 Å². The summed E-state index contributed by atoms with van der Waals surface area (Å²) in [6.45, 7) is 7.45. The summed E-state index contributed by atoms with van der Waals surface area (Å²) < 4.78 is 1.28. The van der Waals surface area contributed by atoms with Crippen molar-refractivity contribution in [2.45, 2.75) is 51.9 Å². The van der Waals surface area contributed by atoms with E-state index in [1.165, 1.54) is 68.8 Å². The molecule has 1 aromatic carbocycles. The van der Waals surface area contributed by atoms with Crippen LogP contribution in [0.4, 0.5) is 5.69 Å².